The summed E-state index contributed by atoms with van der Waals surface area (Å²) < 4.78 is 0. The van der Waals surface area contributed by atoms with Crippen molar-refractivity contribution in [3.05, 3.63) is 0 Å². The van der Waals surface area contributed by atoms with Crippen molar-refractivity contribution in [2.24, 2.45) is 5.92 Å². The molecule has 4 nitrogen and oxygen atoms in total. The maximum Gasteiger partial charge on any atom is 0.0220 e. The fraction of sp³-hybridized carbons (Fsp3) is 1.00. The fourth-order valence-electron chi connectivity index (χ4n) is 3.83. The molecule has 2 rings (SSSR count). The van der Waals surface area contributed by atoms with E-state index in [0.717, 1.165) is 5.92 Å². The fourth-order valence-corrected chi connectivity index (χ4v) is 3.83. The Labute approximate surface area is 131 Å². The van der Waals surface area contributed by atoms with E-state index < -0.39 is 0 Å². The Kier molecular flexibility index (Phi) is 7.44. The second-order valence-electron chi connectivity index (χ2n) is 7.24. The first-order valence-electron chi connectivity index (χ1n) is 8.95. The van der Waals surface area contributed by atoms with Crippen LogP contribution in [-0.4, -0.2) is 87.7 Å². The van der Waals surface area contributed by atoms with E-state index in [4.69, 9.17) is 0 Å². The molecule has 0 aromatic carbocycles. The monoisotopic (exact) mass is 296 g/mol. The zero-order chi connectivity index (χ0) is 15.1. The highest BCUT2D eigenvalue weighted by Crippen LogP contribution is 2.26. The summed E-state index contributed by atoms with van der Waals surface area (Å²) in [6, 6.07) is 0.707. The Morgan fingerprint density at radius 2 is 1.62 bits per heavy atom. The summed E-state index contributed by atoms with van der Waals surface area (Å²) in [5.41, 5.74) is 0. The lowest BCUT2D eigenvalue weighted by molar-refractivity contribution is 0.105. The van der Waals surface area contributed by atoms with Crippen LogP contribution >= 0.6 is 0 Å². The molecule has 0 aromatic rings. The highest BCUT2D eigenvalue weighted by atomic mass is 15.3. The molecule has 1 aliphatic carbocycles. The van der Waals surface area contributed by atoms with Crippen LogP contribution in [-0.2, 0) is 0 Å². The van der Waals surface area contributed by atoms with E-state index in [0.29, 0.717) is 6.04 Å². The molecule has 0 aromatic heterocycles. The van der Waals surface area contributed by atoms with Gasteiger partial charge < -0.3 is 10.2 Å². The highest BCUT2D eigenvalue weighted by Gasteiger charge is 2.25. The van der Waals surface area contributed by atoms with Gasteiger partial charge in [-0.1, -0.05) is 19.3 Å². The van der Waals surface area contributed by atoms with E-state index >= 15 is 0 Å². The molecule has 1 aliphatic heterocycles. The number of nitrogens with zero attached hydrogens (tertiary/aromatic N) is 3. The van der Waals surface area contributed by atoms with Gasteiger partial charge in [0.25, 0.3) is 0 Å². The average molecular weight is 297 g/mol. The summed E-state index contributed by atoms with van der Waals surface area (Å²) >= 11 is 0. The summed E-state index contributed by atoms with van der Waals surface area (Å²) in [7, 11) is 6.49. The molecule has 21 heavy (non-hydrogen) atoms. The van der Waals surface area contributed by atoms with Crippen molar-refractivity contribution in [3.8, 4) is 0 Å². The molecule has 1 saturated carbocycles. The number of piperazine rings is 1. The van der Waals surface area contributed by atoms with Gasteiger partial charge in [-0.3, -0.25) is 9.80 Å². The van der Waals surface area contributed by atoms with Crippen LogP contribution in [0.15, 0.2) is 0 Å². The van der Waals surface area contributed by atoms with Gasteiger partial charge >= 0.3 is 0 Å². The minimum atomic E-state index is 0.707. The van der Waals surface area contributed by atoms with E-state index in [1.807, 2.05) is 0 Å². The lowest BCUT2D eigenvalue weighted by Gasteiger charge is -2.39. The predicted molar refractivity (Wildman–Crippen MR) is 90.9 cm³/mol. The highest BCUT2D eigenvalue weighted by molar-refractivity contribution is 4.83. The molecule has 1 unspecified atom stereocenters. The van der Waals surface area contributed by atoms with Crippen molar-refractivity contribution in [3.63, 3.8) is 0 Å². The third-order valence-corrected chi connectivity index (χ3v) is 5.37. The summed E-state index contributed by atoms with van der Waals surface area (Å²) in [6.07, 6.45) is 7.22. The normalized spacial score (nSPS) is 24.6. The predicted octanol–water partition coefficient (Wildman–Crippen LogP) is 1.33. The van der Waals surface area contributed by atoms with Gasteiger partial charge in [-0.05, 0) is 39.9 Å². The smallest absolute Gasteiger partial charge is 0.0220 e. The largest absolute Gasteiger partial charge is 0.315 e. The zero-order valence-electron chi connectivity index (χ0n) is 14.5. The van der Waals surface area contributed by atoms with Crippen LogP contribution in [0.4, 0.5) is 0 Å². The number of hydrogen-bond donors (Lipinski definition) is 1. The summed E-state index contributed by atoms with van der Waals surface area (Å²) in [4.78, 5) is 7.58. The molecule has 4 heteroatoms. The molecule has 0 spiro atoms. The first-order valence-corrected chi connectivity index (χ1v) is 8.95. The summed E-state index contributed by atoms with van der Waals surface area (Å²) in [5, 5.41) is 3.61. The van der Waals surface area contributed by atoms with Crippen LogP contribution in [0.3, 0.4) is 0 Å². The minimum Gasteiger partial charge on any atom is -0.315 e. The van der Waals surface area contributed by atoms with Crippen molar-refractivity contribution in [1.82, 2.24) is 20.0 Å². The molecular weight excluding hydrogens is 260 g/mol. The average Bonchev–Trinajstić information content (AvgIpc) is 2.52. The Balaban J connectivity index is 1.68. The molecule has 0 radical (unpaired) electrons. The third-order valence-electron chi connectivity index (χ3n) is 5.37. The van der Waals surface area contributed by atoms with Crippen LogP contribution in [0.5, 0.6) is 0 Å². The SMILES string of the molecule is CNC(CN1CCN(CCN(C)C)CC1)C1CCCCC1. The lowest BCUT2D eigenvalue weighted by Crippen LogP contribution is -2.52. The van der Waals surface area contributed by atoms with Crippen molar-refractivity contribution in [2.45, 2.75) is 38.1 Å². The van der Waals surface area contributed by atoms with Gasteiger partial charge in [-0.25, -0.2) is 0 Å². The Morgan fingerprint density at radius 3 is 2.19 bits per heavy atom. The van der Waals surface area contributed by atoms with Gasteiger partial charge in [-0.15, -0.1) is 0 Å². The van der Waals surface area contributed by atoms with Crippen molar-refractivity contribution >= 4 is 0 Å². The standard InChI is InChI=1S/C17H36N4/c1-18-17(16-7-5-4-6-8-16)15-21-13-11-20(12-14-21)10-9-19(2)3/h16-18H,4-15H2,1-3H3. The molecule has 1 heterocycles. The molecule has 0 amide bonds. The first kappa shape index (κ1) is 17.2. The summed E-state index contributed by atoms with van der Waals surface area (Å²) in [6.45, 7) is 8.64. The van der Waals surface area contributed by atoms with Crippen LogP contribution < -0.4 is 5.32 Å². The Morgan fingerprint density at radius 1 is 1.00 bits per heavy atom. The molecule has 0 bridgehead atoms. The molecule has 2 aliphatic rings. The van der Waals surface area contributed by atoms with Crippen molar-refractivity contribution in [2.75, 3.05) is 67.0 Å². The van der Waals surface area contributed by atoms with Crippen molar-refractivity contribution < 1.29 is 0 Å². The van der Waals surface area contributed by atoms with Gasteiger partial charge in [0.05, 0.1) is 0 Å². The van der Waals surface area contributed by atoms with E-state index in [1.165, 1.54) is 77.9 Å². The number of nitrogens with one attached hydrogen (secondary N) is 1. The maximum atomic E-state index is 3.61. The molecule has 124 valence electrons. The Bertz CT molecular complexity index is 268. The van der Waals surface area contributed by atoms with Gasteiger partial charge in [0.2, 0.25) is 0 Å². The van der Waals surface area contributed by atoms with Gasteiger partial charge in [0, 0.05) is 51.9 Å². The van der Waals surface area contributed by atoms with Crippen LogP contribution in [0.1, 0.15) is 32.1 Å². The van der Waals surface area contributed by atoms with Crippen LogP contribution in [0, 0.1) is 5.92 Å². The maximum absolute atomic E-state index is 3.61. The molecule has 1 atom stereocenters. The lowest BCUT2D eigenvalue weighted by atomic mass is 9.83. The van der Waals surface area contributed by atoms with Gasteiger partial charge in [0.15, 0.2) is 0 Å². The Hall–Kier alpha value is -0.160. The van der Waals surface area contributed by atoms with E-state index in [1.54, 1.807) is 0 Å². The molecular formula is C17H36N4. The van der Waals surface area contributed by atoms with Crippen molar-refractivity contribution in [1.29, 1.82) is 0 Å². The zero-order valence-corrected chi connectivity index (χ0v) is 14.5. The van der Waals surface area contributed by atoms with E-state index in [-0.39, 0.29) is 0 Å². The van der Waals surface area contributed by atoms with E-state index in [9.17, 15) is 0 Å². The second kappa shape index (κ2) is 9.09. The topological polar surface area (TPSA) is 21.8 Å². The minimum absolute atomic E-state index is 0.707. The summed E-state index contributed by atoms with van der Waals surface area (Å²) in [5.74, 6) is 0.913. The third kappa shape index (κ3) is 5.85. The number of hydrogen-bond acceptors (Lipinski definition) is 4. The van der Waals surface area contributed by atoms with Crippen LogP contribution in [0.25, 0.3) is 0 Å². The van der Waals surface area contributed by atoms with Gasteiger partial charge in [-0.2, -0.15) is 0 Å². The van der Waals surface area contributed by atoms with Crippen LogP contribution in [0.2, 0.25) is 0 Å². The number of likely N-dealkylation sites (N-methyl/N-ethyl adjacent to an activating group) is 2. The molecule has 2 fully saturated rings. The van der Waals surface area contributed by atoms with Gasteiger partial charge in [0.1, 0.15) is 0 Å². The second-order valence-corrected chi connectivity index (χ2v) is 7.24. The molecule has 1 N–H and O–H groups in total. The quantitative estimate of drug-likeness (QED) is 0.765. The molecule has 1 saturated heterocycles. The number of rotatable bonds is 7. The van der Waals surface area contributed by atoms with E-state index in [2.05, 4.69) is 41.2 Å². The first-order chi connectivity index (χ1) is 10.2.